The third-order valence-corrected chi connectivity index (χ3v) is 1.23. The summed E-state index contributed by atoms with van der Waals surface area (Å²) in [5.41, 5.74) is 5.03. The largest absolute Gasteiger partial charge is 0.324 e. The van der Waals surface area contributed by atoms with Crippen molar-refractivity contribution in [1.29, 1.82) is 0 Å². The summed E-state index contributed by atoms with van der Waals surface area (Å²) in [6.07, 6.45) is 0. The minimum Gasteiger partial charge on any atom is -0.324 e. The highest BCUT2D eigenvalue weighted by Gasteiger charge is 2.20. The molecule has 0 aliphatic rings. The Kier molecular flexibility index (Phi) is 2.10. The van der Waals surface area contributed by atoms with Crippen LogP contribution in [0.5, 0.6) is 0 Å². The number of rotatable bonds is 2. The van der Waals surface area contributed by atoms with Crippen LogP contribution in [0.1, 0.15) is 20.8 Å². The minimum atomic E-state index is -0.470. The van der Waals surface area contributed by atoms with Gasteiger partial charge in [-0.2, -0.15) is 4.91 Å². The topological polar surface area (TPSA) is 55.5 Å². The lowest BCUT2D eigenvalue weighted by atomic mass is 9.99. The standard InChI is InChI=1S/C5H12N2O/c1-4(7-8)5(2,3)6/h4H,6H2,1-3H3. The molecule has 0 saturated heterocycles. The molecule has 0 radical (unpaired) electrons. The van der Waals surface area contributed by atoms with Gasteiger partial charge in [-0.05, 0) is 20.8 Å². The highest BCUT2D eigenvalue weighted by Crippen LogP contribution is 2.06. The van der Waals surface area contributed by atoms with E-state index in [0.29, 0.717) is 0 Å². The first kappa shape index (κ1) is 7.56. The van der Waals surface area contributed by atoms with Crippen molar-refractivity contribution in [2.75, 3.05) is 0 Å². The van der Waals surface area contributed by atoms with Crippen LogP contribution >= 0.6 is 0 Å². The molecule has 0 aliphatic carbocycles. The zero-order chi connectivity index (χ0) is 6.78. The Morgan fingerprint density at radius 1 is 1.62 bits per heavy atom. The summed E-state index contributed by atoms with van der Waals surface area (Å²) in [6, 6.07) is -0.303. The number of nitroso groups, excluding NO2 is 1. The predicted molar refractivity (Wildman–Crippen MR) is 33.5 cm³/mol. The molecule has 2 N–H and O–H groups in total. The molecule has 0 rings (SSSR count). The van der Waals surface area contributed by atoms with Crippen molar-refractivity contribution in [2.24, 2.45) is 10.9 Å². The summed E-state index contributed by atoms with van der Waals surface area (Å²) in [5.74, 6) is 0. The van der Waals surface area contributed by atoms with Crippen molar-refractivity contribution in [3.8, 4) is 0 Å². The van der Waals surface area contributed by atoms with Crippen LogP contribution in [0.4, 0.5) is 0 Å². The van der Waals surface area contributed by atoms with Crippen LogP contribution in [-0.4, -0.2) is 11.6 Å². The molecule has 8 heavy (non-hydrogen) atoms. The Morgan fingerprint density at radius 3 is 2.00 bits per heavy atom. The Balaban J connectivity index is 3.80. The van der Waals surface area contributed by atoms with Gasteiger partial charge in [0.15, 0.2) is 0 Å². The van der Waals surface area contributed by atoms with Crippen LogP contribution < -0.4 is 5.73 Å². The molecular weight excluding hydrogens is 104 g/mol. The molecule has 0 aromatic carbocycles. The zero-order valence-corrected chi connectivity index (χ0v) is 5.51. The summed E-state index contributed by atoms with van der Waals surface area (Å²) < 4.78 is 0. The SMILES string of the molecule is CC(N=O)C(C)(C)N. The van der Waals surface area contributed by atoms with Gasteiger partial charge in [0.1, 0.15) is 6.04 Å². The van der Waals surface area contributed by atoms with Crippen LogP contribution in [0.25, 0.3) is 0 Å². The third kappa shape index (κ3) is 2.02. The van der Waals surface area contributed by atoms with Crippen molar-refractivity contribution in [3.63, 3.8) is 0 Å². The van der Waals surface area contributed by atoms with E-state index in [9.17, 15) is 4.91 Å². The first-order valence-corrected chi connectivity index (χ1v) is 2.60. The number of hydrogen-bond donors (Lipinski definition) is 1. The number of nitrogens with two attached hydrogens (primary N) is 1. The summed E-state index contributed by atoms with van der Waals surface area (Å²) in [7, 11) is 0. The van der Waals surface area contributed by atoms with E-state index >= 15 is 0 Å². The second-order valence-corrected chi connectivity index (χ2v) is 2.60. The van der Waals surface area contributed by atoms with Gasteiger partial charge in [0.25, 0.3) is 0 Å². The Labute approximate surface area is 49.2 Å². The maximum absolute atomic E-state index is 9.82. The van der Waals surface area contributed by atoms with Crippen LogP contribution in [0, 0.1) is 4.91 Å². The molecule has 3 heteroatoms. The van der Waals surface area contributed by atoms with Gasteiger partial charge in [-0.1, -0.05) is 5.18 Å². The lowest BCUT2D eigenvalue weighted by Crippen LogP contribution is -2.41. The van der Waals surface area contributed by atoms with E-state index in [1.54, 1.807) is 20.8 Å². The molecule has 0 heterocycles. The second-order valence-electron chi connectivity index (χ2n) is 2.60. The lowest BCUT2D eigenvalue weighted by Gasteiger charge is -2.19. The highest BCUT2D eigenvalue weighted by atomic mass is 16.3. The molecule has 0 aromatic rings. The second kappa shape index (κ2) is 2.22. The van der Waals surface area contributed by atoms with Gasteiger partial charge in [-0.25, -0.2) is 0 Å². The fourth-order valence-electron chi connectivity index (χ4n) is 0.136. The third-order valence-electron chi connectivity index (χ3n) is 1.23. The maximum atomic E-state index is 9.82. The summed E-state index contributed by atoms with van der Waals surface area (Å²) in [6.45, 7) is 5.26. The average Bonchev–Trinajstić information content (AvgIpc) is 1.62. The van der Waals surface area contributed by atoms with Crippen LogP contribution in [0.2, 0.25) is 0 Å². The molecule has 0 fully saturated rings. The quantitative estimate of drug-likeness (QED) is 0.544. The molecule has 1 atom stereocenters. The van der Waals surface area contributed by atoms with Crippen molar-refractivity contribution in [2.45, 2.75) is 32.4 Å². The average molecular weight is 116 g/mol. The van der Waals surface area contributed by atoms with Crippen molar-refractivity contribution in [1.82, 2.24) is 0 Å². The first-order chi connectivity index (χ1) is 3.48. The Bertz CT molecular complexity index is 84.9. The molecule has 0 bridgehead atoms. The normalized spacial score (nSPS) is 15.5. The highest BCUT2D eigenvalue weighted by molar-refractivity contribution is 4.83. The maximum Gasteiger partial charge on any atom is 0.106 e. The number of nitrogens with zero attached hydrogens (tertiary/aromatic N) is 1. The zero-order valence-electron chi connectivity index (χ0n) is 5.51. The molecule has 0 aliphatic heterocycles. The van der Waals surface area contributed by atoms with Gasteiger partial charge < -0.3 is 5.73 Å². The van der Waals surface area contributed by atoms with E-state index in [4.69, 9.17) is 5.73 Å². The van der Waals surface area contributed by atoms with Gasteiger partial charge in [0.05, 0.1) is 0 Å². The summed E-state index contributed by atoms with van der Waals surface area (Å²) in [5, 5.41) is 2.78. The number of hydrogen-bond acceptors (Lipinski definition) is 3. The lowest BCUT2D eigenvalue weighted by molar-refractivity contribution is 0.433. The van der Waals surface area contributed by atoms with Crippen LogP contribution in [0.15, 0.2) is 5.18 Å². The Morgan fingerprint density at radius 2 is 2.00 bits per heavy atom. The van der Waals surface area contributed by atoms with E-state index in [0.717, 1.165) is 0 Å². The monoisotopic (exact) mass is 116 g/mol. The van der Waals surface area contributed by atoms with Gasteiger partial charge in [0.2, 0.25) is 0 Å². The van der Waals surface area contributed by atoms with Crippen molar-refractivity contribution < 1.29 is 0 Å². The fourth-order valence-corrected chi connectivity index (χ4v) is 0.136. The molecule has 48 valence electrons. The molecule has 0 saturated carbocycles. The van der Waals surface area contributed by atoms with E-state index in [1.165, 1.54) is 0 Å². The van der Waals surface area contributed by atoms with Crippen LogP contribution in [-0.2, 0) is 0 Å². The molecular formula is C5H12N2O. The molecule has 1 unspecified atom stereocenters. The van der Waals surface area contributed by atoms with Gasteiger partial charge in [0, 0.05) is 5.54 Å². The van der Waals surface area contributed by atoms with E-state index in [-0.39, 0.29) is 6.04 Å². The Hall–Kier alpha value is -0.440. The predicted octanol–water partition coefficient (Wildman–Crippen LogP) is 0.879. The minimum absolute atomic E-state index is 0.303. The van der Waals surface area contributed by atoms with E-state index in [1.807, 2.05) is 0 Å². The van der Waals surface area contributed by atoms with Crippen molar-refractivity contribution >= 4 is 0 Å². The van der Waals surface area contributed by atoms with Gasteiger partial charge in [-0.15, -0.1) is 0 Å². The van der Waals surface area contributed by atoms with Gasteiger partial charge >= 0.3 is 0 Å². The van der Waals surface area contributed by atoms with E-state index in [2.05, 4.69) is 5.18 Å². The van der Waals surface area contributed by atoms with E-state index < -0.39 is 5.54 Å². The fraction of sp³-hybridized carbons (Fsp3) is 1.00. The van der Waals surface area contributed by atoms with Gasteiger partial charge in [-0.3, -0.25) is 0 Å². The molecule has 0 amide bonds. The summed E-state index contributed by atoms with van der Waals surface area (Å²) in [4.78, 5) is 9.82. The smallest absolute Gasteiger partial charge is 0.106 e. The van der Waals surface area contributed by atoms with Crippen LogP contribution in [0.3, 0.4) is 0 Å². The van der Waals surface area contributed by atoms with Crippen molar-refractivity contribution in [3.05, 3.63) is 4.91 Å². The summed E-state index contributed by atoms with van der Waals surface area (Å²) >= 11 is 0. The first-order valence-electron chi connectivity index (χ1n) is 2.60. The molecule has 0 spiro atoms. The molecule has 0 aromatic heterocycles. The molecule has 3 nitrogen and oxygen atoms in total.